The van der Waals surface area contributed by atoms with Crippen LogP contribution in [0.2, 0.25) is 0 Å². The van der Waals surface area contributed by atoms with E-state index in [4.69, 9.17) is 14.7 Å². The molecule has 27 heavy (non-hydrogen) atoms. The minimum atomic E-state index is -0.169. The fourth-order valence-electron chi connectivity index (χ4n) is 2.92. The number of hydrogen-bond acceptors (Lipinski definition) is 5. The van der Waals surface area contributed by atoms with E-state index in [2.05, 4.69) is 6.07 Å². The minimum Gasteiger partial charge on any atom is -0.486 e. The zero-order valence-electron chi connectivity index (χ0n) is 14.4. The van der Waals surface area contributed by atoms with Gasteiger partial charge >= 0.3 is 0 Å². The summed E-state index contributed by atoms with van der Waals surface area (Å²) in [7, 11) is 0. The molecular weight excluding hydrogens is 360 g/mol. The molecule has 1 aromatic heterocycles. The maximum atomic E-state index is 13.3. The monoisotopic (exact) mass is 376 g/mol. The Bertz CT molecular complexity index is 1010. The average molecular weight is 376 g/mol. The van der Waals surface area contributed by atoms with Crippen LogP contribution in [0.25, 0.3) is 0 Å². The Balaban J connectivity index is 1.72. The predicted octanol–water partition coefficient (Wildman–Crippen LogP) is 4.24. The molecule has 6 heteroatoms. The first-order chi connectivity index (χ1) is 13.2. The van der Waals surface area contributed by atoms with Gasteiger partial charge in [-0.25, -0.2) is 0 Å². The summed E-state index contributed by atoms with van der Waals surface area (Å²) in [6, 6.07) is 18.3. The van der Waals surface area contributed by atoms with Gasteiger partial charge in [0.2, 0.25) is 0 Å². The average Bonchev–Trinajstić information content (AvgIpc) is 3.24. The molecule has 4 rings (SSSR count). The van der Waals surface area contributed by atoms with Crippen LogP contribution >= 0.6 is 11.3 Å². The lowest BCUT2D eigenvalue weighted by atomic mass is 10.1. The van der Waals surface area contributed by atoms with E-state index in [0.717, 1.165) is 10.6 Å². The van der Waals surface area contributed by atoms with Crippen molar-refractivity contribution in [1.82, 2.24) is 0 Å². The Morgan fingerprint density at radius 3 is 2.70 bits per heavy atom. The molecule has 0 saturated heterocycles. The van der Waals surface area contributed by atoms with E-state index in [9.17, 15) is 4.79 Å². The van der Waals surface area contributed by atoms with Gasteiger partial charge in [0.15, 0.2) is 11.5 Å². The van der Waals surface area contributed by atoms with Crippen molar-refractivity contribution in [2.45, 2.75) is 6.54 Å². The van der Waals surface area contributed by atoms with Crippen molar-refractivity contribution >= 4 is 22.9 Å². The summed E-state index contributed by atoms with van der Waals surface area (Å²) >= 11 is 1.59. The summed E-state index contributed by atoms with van der Waals surface area (Å²) in [6.07, 6.45) is 0. The van der Waals surface area contributed by atoms with Crippen molar-refractivity contribution in [2.24, 2.45) is 0 Å². The van der Waals surface area contributed by atoms with Crippen LogP contribution in [0.15, 0.2) is 60.0 Å². The largest absolute Gasteiger partial charge is 0.486 e. The normalized spacial score (nSPS) is 12.3. The van der Waals surface area contributed by atoms with Crippen molar-refractivity contribution in [1.29, 1.82) is 5.26 Å². The molecule has 2 aromatic carbocycles. The van der Waals surface area contributed by atoms with Gasteiger partial charge in [-0.2, -0.15) is 5.26 Å². The summed E-state index contributed by atoms with van der Waals surface area (Å²) < 4.78 is 11.2. The van der Waals surface area contributed by atoms with Crippen LogP contribution < -0.4 is 14.4 Å². The number of amides is 1. The molecule has 1 aliphatic rings. The maximum Gasteiger partial charge on any atom is 0.258 e. The highest BCUT2D eigenvalue weighted by molar-refractivity contribution is 7.09. The smallest absolute Gasteiger partial charge is 0.258 e. The van der Waals surface area contributed by atoms with E-state index in [1.54, 1.807) is 40.5 Å². The molecule has 0 spiro atoms. The molecule has 0 saturated carbocycles. The zero-order valence-corrected chi connectivity index (χ0v) is 15.2. The molecule has 0 unspecified atom stereocenters. The molecule has 5 nitrogen and oxygen atoms in total. The number of carbonyl (C=O) groups excluding carboxylic acids is 1. The minimum absolute atomic E-state index is 0.169. The standard InChI is InChI=1S/C21H16N2O3S/c22-13-15-3-1-4-16(11-15)21(24)23(14-18-5-2-10-27-18)17-6-7-19-20(12-17)26-9-8-25-19/h1-7,10-12H,8-9,14H2. The van der Waals surface area contributed by atoms with Crippen LogP contribution in [-0.4, -0.2) is 19.1 Å². The molecule has 0 bridgehead atoms. The summed E-state index contributed by atoms with van der Waals surface area (Å²) in [5, 5.41) is 11.1. The number of ether oxygens (including phenoxy) is 2. The lowest BCUT2D eigenvalue weighted by Gasteiger charge is -2.25. The van der Waals surface area contributed by atoms with Gasteiger partial charge in [0, 0.05) is 22.2 Å². The highest BCUT2D eigenvalue weighted by Gasteiger charge is 2.22. The van der Waals surface area contributed by atoms with Crippen molar-refractivity contribution in [3.05, 3.63) is 76.0 Å². The Kier molecular flexibility index (Phi) is 4.77. The Morgan fingerprint density at radius 2 is 1.93 bits per heavy atom. The molecule has 134 valence electrons. The predicted molar refractivity (Wildman–Crippen MR) is 103 cm³/mol. The van der Waals surface area contributed by atoms with Crippen LogP contribution in [0.5, 0.6) is 11.5 Å². The van der Waals surface area contributed by atoms with Gasteiger partial charge in [0.1, 0.15) is 13.2 Å². The van der Waals surface area contributed by atoms with Gasteiger partial charge in [-0.1, -0.05) is 12.1 Å². The summed E-state index contributed by atoms with van der Waals surface area (Å²) in [5.74, 6) is 1.14. The third kappa shape index (κ3) is 3.64. The molecule has 0 radical (unpaired) electrons. The second-order valence-corrected chi connectivity index (χ2v) is 7.02. The van der Waals surface area contributed by atoms with E-state index in [1.807, 2.05) is 35.7 Å². The second kappa shape index (κ2) is 7.52. The third-order valence-corrected chi connectivity index (χ3v) is 5.08. The van der Waals surface area contributed by atoms with Crippen LogP contribution in [0.4, 0.5) is 5.69 Å². The number of thiophene rings is 1. The van der Waals surface area contributed by atoms with Gasteiger partial charge in [-0.05, 0) is 41.8 Å². The van der Waals surface area contributed by atoms with Crippen LogP contribution in [0.3, 0.4) is 0 Å². The van der Waals surface area contributed by atoms with Gasteiger partial charge in [0.05, 0.1) is 18.2 Å². The SMILES string of the molecule is N#Cc1cccc(C(=O)N(Cc2cccs2)c2ccc3c(c2)OCCO3)c1. The zero-order chi connectivity index (χ0) is 18.6. The molecule has 1 amide bonds. The Labute approximate surface area is 161 Å². The second-order valence-electron chi connectivity index (χ2n) is 5.99. The van der Waals surface area contributed by atoms with E-state index < -0.39 is 0 Å². The quantitative estimate of drug-likeness (QED) is 0.683. The number of fused-ring (bicyclic) bond motifs is 1. The summed E-state index contributed by atoms with van der Waals surface area (Å²) in [4.78, 5) is 16.0. The van der Waals surface area contributed by atoms with Gasteiger partial charge < -0.3 is 14.4 Å². The fourth-order valence-corrected chi connectivity index (χ4v) is 3.61. The first-order valence-electron chi connectivity index (χ1n) is 8.48. The van der Waals surface area contributed by atoms with Gasteiger partial charge in [-0.3, -0.25) is 4.79 Å². The number of hydrogen-bond donors (Lipinski definition) is 0. The highest BCUT2D eigenvalue weighted by Crippen LogP contribution is 2.35. The lowest BCUT2D eigenvalue weighted by Crippen LogP contribution is -2.30. The topological polar surface area (TPSA) is 62.6 Å². The number of nitrogens with zero attached hydrogens (tertiary/aromatic N) is 2. The molecule has 0 aliphatic carbocycles. The van der Waals surface area contributed by atoms with Crippen molar-refractivity contribution in [3.8, 4) is 17.6 Å². The van der Waals surface area contributed by atoms with E-state index in [-0.39, 0.29) is 5.91 Å². The molecule has 0 atom stereocenters. The van der Waals surface area contributed by atoms with Crippen molar-refractivity contribution in [3.63, 3.8) is 0 Å². The third-order valence-electron chi connectivity index (χ3n) is 4.22. The van der Waals surface area contributed by atoms with Crippen LogP contribution in [0.1, 0.15) is 20.8 Å². The fraction of sp³-hybridized carbons (Fsp3) is 0.143. The highest BCUT2D eigenvalue weighted by atomic mass is 32.1. The molecule has 0 N–H and O–H groups in total. The molecular formula is C21H16N2O3S. The summed E-state index contributed by atoms with van der Waals surface area (Å²) in [6.45, 7) is 1.44. The van der Waals surface area contributed by atoms with E-state index in [0.29, 0.717) is 42.4 Å². The number of anilines is 1. The molecule has 1 aliphatic heterocycles. The molecule has 2 heterocycles. The van der Waals surface area contributed by atoms with Crippen LogP contribution in [0, 0.1) is 11.3 Å². The number of rotatable bonds is 4. The number of carbonyl (C=O) groups is 1. The van der Waals surface area contributed by atoms with Crippen molar-refractivity contribution < 1.29 is 14.3 Å². The van der Waals surface area contributed by atoms with E-state index >= 15 is 0 Å². The van der Waals surface area contributed by atoms with Crippen LogP contribution in [-0.2, 0) is 6.54 Å². The number of benzene rings is 2. The van der Waals surface area contributed by atoms with Gasteiger partial charge in [0.25, 0.3) is 5.91 Å². The van der Waals surface area contributed by atoms with E-state index in [1.165, 1.54) is 0 Å². The molecule has 3 aromatic rings. The number of nitriles is 1. The first-order valence-corrected chi connectivity index (χ1v) is 9.36. The summed E-state index contributed by atoms with van der Waals surface area (Å²) in [5.41, 5.74) is 1.65. The molecule has 0 fully saturated rings. The Hall–Kier alpha value is -3.30. The lowest BCUT2D eigenvalue weighted by molar-refractivity contribution is 0.0985. The first kappa shape index (κ1) is 17.1. The Morgan fingerprint density at radius 1 is 1.07 bits per heavy atom. The van der Waals surface area contributed by atoms with Gasteiger partial charge in [-0.15, -0.1) is 11.3 Å². The van der Waals surface area contributed by atoms with Crippen molar-refractivity contribution in [2.75, 3.05) is 18.1 Å². The maximum absolute atomic E-state index is 13.3.